The molecule has 1 unspecified atom stereocenters. The second kappa shape index (κ2) is 9.79. The fraction of sp³-hybridized carbons (Fsp3) is 0.526. The van der Waals surface area contributed by atoms with Crippen molar-refractivity contribution in [2.45, 2.75) is 38.6 Å². The zero-order valence-corrected chi connectivity index (χ0v) is 15.1. The van der Waals surface area contributed by atoms with Gasteiger partial charge in [0.05, 0.1) is 13.0 Å². The number of carbonyl (C=O) groups is 3. The number of aliphatic carboxylic acids is 1. The second-order valence-electron chi connectivity index (χ2n) is 6.42. The first-order valence-electron chi connectivity index (χ1n) is 8.92. The van der Waals surface area contributed by atoms with Crippen molar-refractivity contribution in [3.63, 3.8) is 0 Å². The van der Waals surface area contributed by atoms with Crippen molar-refractivity contribution in [1.29, 1.82) is 0 Å². The van der Waals surface area contributed by atoms with Crippen LogP contribution in [0.2, 0.25) is 0 Å². The molecule has 0 radical (unpaired) electrons. The number of amides is 2. The molecule has 0 spiro atoms. The maximum Gasteiger partial charge on any atom is 0.323 e. The third-order valence-electron chi connectivity index (χ3n) is 4.53. The van der Waals surface area contributed by atoms with Crippen LogP contribution in [-0.4, -0.2) is 65.0 Å². The van der Waals surface area contributed by atoms with Gasteiger partial charge in [0.15, 0.2) is 0 Å². The Bertz CT molecular complexity index is 620. The lowest BCUT2D eigenvalue weighted by atomic mass is 10.1. The minimum Gasteiger partial charge on any atom is -0.493 e. The SMILES string of the molecule is CC(=O)N(CC(=O)O)C1CCCN(C(=O)CCOc2ccccc2)CC1. The van der Waals surface area contributed by atoms with E-state index < -0.39 is 5.97 Å². The van der Waals surface area contributed by atoms with Gasteiger partial charge in [0.25, 0.3) is 0 Å². The van der Waals surface area contributed by atoms with Gasteiger partial charge in [-0.05, 0) is 31.4 Å². The summed E-state index contributed by atoms with van der Waals surface area (Å²) in [6.07, 6.45) is 2.35. The Balaban J connectivity index is 1.82. The molecule has 7 heteroatoms. The van der Waals surface area contributed by atoms with E-state index >= 15 is 0 Å². The van der Waals surface area contributed by atoms with Crippen LogP contribution in [0.3, 0.4) is 0 Å². The van der Waals surface area contributed by atoms with Crippen LogP contribution < -0.4 is 4.74 Å². The summed E-state index contributed by atoms with van der Waals surface area (Å²) in [4.78, 5) is 38.3. The van der Waals surface area contributed by atoms with Crippen LogP contribution in [-0.2, 0) is 14.4 Å². The largest absolute Gasteiger partial charge is 0.493 e. The molecule has 0 aromatic heterocycles. The van der Waals surface area contributed by atoms with E-state index in [0.717, 1.165) is 12.2 Å². The van der Waals surface area contributed by atoms with Gasteiger partial charge in [-0.3, -0.25) is 14.4 Å². The van der Waals surface area contributed by atoms with Crippen LogP contribution >= 0.6 is 0 Å². The number of benzene rings is 1. The molecule has 0 bridgehead atoms. The zero-order chi connectivity index (χ0) is 18.9. The Hall–Kier alpha value is -2.57. The van der Waals surface area contributed by atoms with Gasteiger partial charge in [-0.1, -0.05) is 18.2 Å². The second-order valence-corrected chi connectivity index (χ2v) is 6.42. The maximum absolute atomic E-state index is 12.4. The molecule has 1 N–H and O–H groups in total. The quantitative estimate of drug-likeness (QED) is 0.799. The average molecular weight is 362 g/mol. The molecule has 1 heterocycles. The number of hydrogen-bond donors (Lipinski definition) is 1. The van der Waals surface area contributed by atoms with Gasteiger partial charge in [-0.2, -0.15) is 0 Å². The number of likely N-dealkylation sites (tertiary alicyclic amines) is 1. The molecule has 26 heavy (non-hydrogen) atoms. The summed E-state index contributed by atoms with van der Waals surface area (Å²) >= 11 is 0. The molecule has 1 saturated heterocycles. The molecule has 142 valence electrons. The van der Waals surface area contributed by atoms with Crippen molar-refractivity contribution in [3.05, 3.63) is 30.3 Å². The average Bonchev–Trinajstić information content (AvgIpc) is 2.86. The summed E-state index contributed by atoms with van der Waals surface area (Å²) in [6.45, 7) is 2.57. The molecule has 1 aromatic rings. The van der Waals surface area contributed by atoms with E-state index in [1.807, 2.05) is 30.3 Å². The number of hydrogen-bond acceptors (Lipinski definition) is 4. The third-order valence-corrected chi connectivity index (χ3v) is 4.53. The van der Waals surface area contributed by atoms with Crippen molar-refractivity contribution >= 4 is 17.8 Å². The van der Waals surface area contributed by atoms with Crippen molar-refractivity contribution in [2.75, 3.05) is 26.2 Å². The first-order chi connectivity index (χ1) is 12.5. The van der Waals surface area contributed by atoms with Crippen LogP contribution in [0.15, 0.2) is 30.3 Å². The lowest BCUT2D eigenvalue weighted by molar-refractivity contribution is -0.145. The number of rotatable bonds is 7. The summed E-state index contributed by atoms with van der Waals surface area (Å²) in [7, 11) is 0. The number of carboxylic acids is 1. The molecule has 0 saturated carbocycles. The Morgan fingerprint density at radius 3 is 2.58 bits per heavy atom. The summed E-state index contributed by atoms with van der Waals surface area (Å²) in [5, 5.41) is 8.99. The summed E-state index contributed by atoms with van der Waals surface area (Å²) < 4.78 is 5.57. The molecular weight excluding hydrogens is 336 g/mol. The highest BCUT2D eigenvalue weighted by Gasteiger charge is 2.27. The zero-order valence-electron chi connectivity index (χ0n) is 15.1. The third kappa shape index (κ3) is 6.06. The van der Waals surface area contributed by atoms with E-state index in [2.05, 4.69) is 0 Å². The molecule has 1 aliphatic heterocycles. The molecule has 1 aromatic carbocycles. The van der Waals surface area contributed by atoms with Crippen LogP contribution in [0, 0.1) is 0 Å². The van der Waals surface area contributed by atoms with E-state index in [1.165, 1.54) is 11.8 Å². The number of ether oxygens (including phenoxy) is 1. The predicted octanol–water partition coefficient (Wildman–Crippen LogP) is 1.77. The summed E-state index contributed by atoms with van der Waals surface area (Å²) in [5.41, 5.74) is 0. The first-order valence-corrected chi connectivity index (χ1v) is 8.92. The van der Waals surface area contributed by atoms with E-state index in [4.69, 9.17) is 9.84 Å². The molecule has 1 aliphatic rings. The number of nitrogens with zero attached hydrogens (tertiary/aromatic N) is 2. The Morgan fingerprint density at radius 2 is 1.92 bits per heavy atom. The van der Waals surface area contributed by atoms with E-state index in [-0.39, 0.29) is 24.4 Å². The number of para-hydroxylation sites is 1. The first kappa shape index (κ1) is 19.8. The van der Waals surface area contributed by atoms with Gasteiger partial charge in [0.2, 0.25) is 11.8 Å². The van der Waals surface area contributed by atoms with Crippen molar-refractivity contribution < 1.29 is 24.2 Å². The highest BCUT2D eigenvalue weighted by Crippen LogP contribution is 2.18. The lowest BCUT2D eigenvalue weighted by Crippen LogP contribution is -2.43. The number of carboxylic acid groups (broad SMARTS) is 1. The molecular formula is C19H26N2O5. The molecule has 0 aliphatic carbocycles. The Kier molecular flexibility index (Phi) is 7.44. The predicted molar refractivity (Wildman–Crippen MR) is 95.8 cm³/mol. The van der Waals surface area contributed by atoms with Crippen molar-refractivity contribution in [3.8, 4) is 5.75 Å². The monoisotopic (exact) mass is 362 g/mol. The Morgan fingerprint density at radius 1 is 1.19 bits per heavy atom. The molecule has 1 atom stereocenters. The van der Waals surface area contributed by atoms with E-state index in [0.29, 0.717) is 39.0 Å². The fourth-order valence-electron chi connectivity index (χ4n) is 3.21. The van der Waals surface area contributed by atoms with E-state index in [1.54, 1.807) is 4.90 Å². The van der Waals surface area contributed by atoms with E-state index in [9.17, 15) is 14.4 Å². The van der Waals surface area contributed by atoms with Crippen LogP contribution in [0.4, 0.5) is 0 Å². The summed E-state index contributed by atoms with van der Waals surface area (Å²) in [6, 6.07) is 9.22. The minimum absolute atomic E-state index is 0.0224. The van der Waals surface area contributed by atoms with Gasteiger partial charge < -0.3 is 19.6 Å². The van der Waals surface area contributed by atoms with Crippen LogP contribution in [0.5, 0.6) is 5.75 Å². The molecule has 2 rings (SSSR count). The standard InChI is InChI=1S/C19H26N2O5/c1-15(22)21(14-19(24)25)16-6-5-11-20(12-9-16)18(23)10-13-26-17-7-3-2-4-8-17/h2-4,7-8,16H,5-6,9-14H2,1H3,(H,24,25). The molecule has 2 amide bonds. The van der Waals surface area contributed by atoms with Crippen LogP contribution in [0.1, 0.15) is 32.6 Å². The van der Waals surface area contributed by atoms with Crippen molar-refractivity contribution in [1.82, 2.24) is 9.80 Å². The van der Waals surface area contributed by atoms with Crippen molar-refractivity contribution in [2.24, 2.45) is 0 Å². The highest BCUT2D eigenvalue weighted by molar-refractivity contribution is 5.80. The van der Waals surface area contributed by atoms with Gasteiger partial charge in [-0.25, -0.2) is 0 Å². The molecule has 1 fully saturated rings. The van der Waals surface area contributed by atoms with Gasteiger partial charge in [0, 0.05) is 26.1 Å². The fourth-order valence-corrected chi connectivity index (χ4v) is 3.21. The summed E-state index contributed by atoms with van der Waals surface area (Å²) in [5.74, 6) is -0.500. The number of carbonyl (C=O) groups excluding carboxylic acids is 2. The topological polar surface area (TPSA) is 87.2 Å². The Labute approximate surface area is 153 Å². The lowest BCUT2D eigenvalue weighted by Gasteiger charge is -2.28. The maximum atomic E-state index is 12.4. The van der Waals surface area contributed by atoms with Gasteiger partial charge in [-0.15, -0.1) is 0 Å². The van der Waals surface area contributed by atoms with Gasteiger partial charge >= 0.3 is 5.97 Å². The minimum atomic E-state index is -1.02. The van der Waals surface area contributed by atoms with Gasteiger partial charge in [0.1, 0.15) is 12.3 Å². The smallest absolute Gasteiger partial charge is 0.323 e. The highest BCUT2D eigenvalue weighted by atomic mass is 16.5. The normalized spacial score (nSPS) is 17.3. The van der Waals surface area contributed by atoms with Crippen LogP contribution in [0.25, 0.3) is 0 Å². The molecule has 7 nitrogen and oxygen atoms in total.